The molecule has 0 aliphatic carbocycles. The van der Waals surface area contributed by atoms with Crippen LogP contribution >= 0.6 is 11.3 Å². The fraction of sp³-hybridized carbons (Fsp3) is 0.714. The van der Waals surface area contributed by atoms with E-state index in [1.165, 1.54) is 4.31 Å². The molecule has 0 saturated carbocycles. The summed E-state index contributed by atoms with van der Waals surface area (Å²) < 4.78 is 28.8. The van der Waals surface area contributed by atoms with Crippen LogP contribution in [0.5, 0.6) is 0 Å². The Balaban J connectivity index is 2.47. The summed E-state index contributed by atoms with van der Waals surface area (Å²) in [6.45, 7) is 6.44. The smallest absolute Gasteiger partial charge is 0.279 e. The summed E-state index contributed by atoms with van der Waals surface area (Å²) in [5.74, 6) is 0. The van der Waals surface area contributed by atoms with Crippen molar-refractivity contribution >= 4 is 21.5 Å². The first-order valence-corrected chi connectivity index (χ1v) is 9.81. The zero-order valence-electron chi connectivity index (χ0n) is 13.1. The van der Waals surface area contributed by atoms with Gasteiger partial charge in [-0.15, -0.1) is 11.3 Å². The highest BCUT2D eigenvalue weighted by atomic mass is 32.2. The van der Waals surface area contributed by atoms with Gasteiger partial charge in [-0.1, -0.05) is 19.9 Å². The lowest BCUT2D eigenvalue weighted by Gasteiger charge is -2.22. The summed E-state index contributed by atoms with van der Waals surface area (Å²) in [5, 5.41) is 5.24. The molecule has 0 fully saturated rings. The first-order valence-electron chi connectivity index (χ1n) is 7.49. The molecule has 0 saturated heterocycles. The number of hydrogen-bond donors (Lipinski definition) is 2. The van der Waals surface area contributed by atoms with Crippen LogP contribution in [0.25, 0.3) is 0 Å². The Kier molecular flexibility index (Phi) is 8.43. The van der Waals surface area contributed by atoms with Gasteiger partial charge in [0.15, 0.2) is 0 Å². The van der Waals surface area contributed by atoms with E-state index in [2.05, 4.69) is 17.0 Å². The molecule has 1 heterocycles. The van der Waals surface area contributed by atoms with Crippen molar-refractivity contribution in [1.82, 2.24) is 14.3 Å². The molecule has 21 heavy (non-hydrogen) atoms. The van der Waals surface area contributed by atoms with Gasteiger partial charge < -0.3 is 5.32 Å². The SMILES string of the molecule is CCCNCCCN(C)S(=O)(=O)NC(CC)c1cccs1. The van der Waals surface area contributed by atoms with Crippen molar-refractivity contribution in [1.29, 1.82) is 0 Å². The van der Waals surface area contributed by atoms with E-state index in [0.29, 0.717) is 6.54 Å². The summed E-state index contributed by atoms with van der Waals surface area (Å²) >= 11 is 1.58. The molecule has 0 spiro atoms. The molecule has 0 amide bonds. The van der Waals surface area contributed by atoms with Gasteiger partial charge in [0.05, 0.1) is 6.04 Å². The average Bonchev–Trinajstić information content (AvgIpc) is 2.98. The number of nitrogens with zero attached hydrogens (tertiary/aromatic N) is 1. The Morgan fingerprint density at radius 3 is 2.67 bits per heavy atom. The minimum atomic E-state index is -3.43. The highest BCUT2D eigenvalue weighted by Crippen LogP contribution is 2.22. The third kappa shape index (κ3) is 6.44. The summed E-state index contributed by atoms with van der Waals surface area (Å²) in [5.41, 5.74) is 0. The molecule has 1 atom stereocenters. The molecule has 2 N–H and O–H groups in total. The van der Waals surface area contributed by atoms with Gasteiger partial charge in [0, 0.05) is 18.5 Å². The van der Waals surface area contributed by atoms with Crippen LogP contribution in [-0.2, 0) is 10.2 Å². The van der Waals surface area contributed by atoms with Gasteiger partial charge in [-0.05, 0) is 43.8 Å². The van der Waals surface area contributed by atoms with E-state index in [1.54, 1.807) is 18.4 Å². The van der Waals surface area contributed by atoms with Crippen LogP contribution in [0.2, 0.25) is 0 Å². The van der Waals surface area contributed by atoms with Gasteiger partial charge in [-0.3, -0.25) is 0 Å². The maximum atomic E-state index is 12.3. The van der Waals surface area contributed by atoms with Crippen LogP contribution in [-0.4, -0.2) is 39.4 Å². The van der Waals surface area contributed by atoms with E-state index in [9.17, 15) is 8.42 Å². The first kappa shape index (κ1) is 18.6. The van der Waals surface area contributed by atoms with Crippen molar-refractivity contribution in [3.8, 4) is 0 Å². The third-order valence-corrected chi connectivity index (χ3v) is 5.82. The van der Waals surface area contributed by atoms with Gasteiger partial charge >= 0.3 is 0 Å². The molecule has 0 aliphatic rings. The predicted molar refractivity (Wildman–Crippen MR) is 89.8 cm³/mol. The molecule has 5 nitrogen and oxygen atoms in total. The van der Waals surface area contributed by atoms with Crippen LogP contribution in [0, 0.1) is 0 Å². The largest absolute Gasteiger partial charge is 0.317 e. The summed E-state index contributed by atoms with van der Waals surface area (Å²) in [6, 6.07) is 3.77. The predicted octanol–water partition coefficient (Wildman–Crippen LogP) is 2.36. The van der Waals surface area contributed by atoms with Crippen molar-refractivity contribution in [2.45, 2.75) is 39.2 Å². The first-order chi connectivity index (χ1) is 10.0. The zero-order valence-corrected chi connectivity index (χ0v) is 14.8. The van der Waals surface area contributed by atoms with Crippen molar-refractivity contribution in [2.75, 3.05) is 26.7 Å². The molecule has 0 aromatic carbocycles. The van der Waals surface area contributed by atoms with E-state index < -0.39 is 10.2 Å². The van der Waals surface area contributed by atoms with E-state index in [1.807, 2.05) is 24.4 Å². The summed E-state index contributed by atoms with van der Waals surface area (Å²) in [4.78, 5) is 1.05. The molecule has 0 radical (unpaired) electrons. The second-order valence-corrected chi connectivity index (χ2v) is 7.81. The number of nitrogens with one attached hydrogen (secondary N) is 2. The van der Waals surface area contributed by atoms with Gasteiger partial charge in [-0.25, -0.2) is 0 Å². The molecular weight excluding hydrogens is 306 g/mol. The molecule has 1 unspecified atom stereocenters. The maximum absolute atomic E-state index is 12.3. The summed E-state index contributed by atoms with van der Waals surface area (Å²) in [6.07, 6.45) is 2.65. The molecule has 122 valence electrons. The highest BCUT2D eigenvalue weighted by Gasteiger charge is 2.22. The van der Waals surface area contributed by atoms with Gasteiger partial charge in [0.2, 0.25) is 0 Å². The zero-order chi connectivity index (χ0) is 15.7. The van der Waals surface area contributed by atoms with Crippen LogP contribution in [0.3, 0.4) is 0 Å². The lowest BCUT2D eigenvalue weighted by Crippen LogP contribution is -2.40. The molecule has 1 rings (SSSR count). The Morgan fingerprint density at radius 2 is 2.10 bits per heavy atom. The number of thiophene rings is 1. The van der Waals surface area contributed by atoms with Crippen molar-refractivity contribution in [3.63, 3.8) is 0 Å². The Bertz CT molecular complexity index is 474. The normalized spacial score (nSPS) is 13.7. The van der Waals surface area contributed by atoms with Crippen LogP contribution in [0.4, 0.5) is 0 Å². The number of hydrogen-bond acceptors (Lipinski definition) is 4. The van der Waals surface area contributed by atoms with E-state index in [0.717, 1.165) is 37.2 Å². The highest BCUT2D eigenvalue weighted by molar-refractivity contribution is 7.87. The van der Waals surface area contributed by atoms with E-state index in [-0.39, 0.29) is 6.04 Å². The van der Waals surface area contributed by atoms with Crippen molar-refractivity contribution in [2.24, 2.45) is 0 Å². The molecule has 1 aromatic rings. The van der Waals surface area contributed by atoms with E-state index in [4.69, 9.17) is 0 Å². The molecule has 0 bridgehead atoms. The standard InChI is InChI=1S/C14H27N3O2S2/c1-4-9-15-10-7-11-17(3)21(18,19)16-13(5-2)14-8-6-12-20-14/h6,8,12-13,15-16H,4-5,7,9-11H2,1-3H3. The Morgan fingerprint density at radius 1 is 1.33 bits per heavy atom. The lowest BCUT2D eigenvalue weighted by molar-refractivity contribution is 0.435. The fourth-order valence-corrected chi connectivity index (χ4v) is 4.09. The lowest BCUT2D eigenvalue weighted by atomic mass is 10.2. The van der Waals surface area contributed by atoms with Crippen molar-refractivity contribution < 1.29 is 8.42 Å². The quantitative estimate of drug-likeness (QED) is 0.611. The monoisotopic (exact) mass is 333 g/mol. The molecule has 0 aliphatic heterocycles. The van der Waals surface area contributed by atoms with Crippen LogP contribution in [0.15, 0.2) is 17.5 Å². The Hall–Kier alpha value is -0.470. The Labute approximate surface area is 132 Å². The van der Waals surface area contributed by atoms with Gasteiger partial charge in [0.25, 0.3) is 10.2 Å². The maximum Gasteiger partial charge on any atom is 0.279 e. The topological polar surface area (TPSA) is 61.4 Å². The summed E-state index contributed by atoms with van der Waals surface area (Å²) in [7, 11) is -1.80. The van der Waals surface area contributed by atoms with Gasteiger partial charge in [0.1, 0.15) is 0 Å². The average molecular weight is 334 g/mol. The van der Waals surface area contributed by atoms with Gasteiger partial charge in [-0.2, -0.15) is 17.4 Å². The molecule has 7 heteroatoms. The minimum Gasteiger partial charge on any atom is -0.317 e. The molecular formula is C14H27N3O2S2. The third-order valence-electron chi connectivity index (χ3n) is 3.25. The van der Waals surface area contributed by atoms with E-state index >= 15 is 0 Å². The van der Waals surface area contributed by atoms with Crippen molar-refractivity contribution in [3.05, 3.63) is 22.4 Å². The fourth-order valence-electron chi connectivity index (χ4n) is 1.95. The second kappa shape index (κ2) is 9.53. The number of rotatable bonds is 11. The molecule has 1 aromatic heterocycles. The van der Waals surface area contributed by atoms with Crippen LogP contribution in [0.1, 0.15) is 44.0 Å². The second-order valence-electron chi connectivity index (χ2n) is 5.02. The van der Waals surface area contributed by atoms with Crippen LogP contribution < -0.4 is 10.0 Å². The minimum absolute atomic E-state index is 0.143.